The van der Waals surface area contributed by atoms with Gasteiger partial charge >= 0.3 is 5.97 Å². The lowest BCUT2D eigenvalue weighted by Crippen LogP contribution is -2.05. The van der Waals surface area contributed by atoms with Crippen LogP contribution in [0.5, 0.6) is 0 Å². The molecule has 6 heteroatoms. The van der Waals surface area contributed by atoms with Crippen molar-refractivity contribution in [1.29, 1.82) is 0 Å². The van der Waals surface area contributed by atoms with Crippen LogP contribution in [0.3, 0.4) is 0 Å². The molecule has 2 aromatic carbocycles. The Balaban J connectivity index is 1.44. The van der Waals surface area contributed by atoms with Crippen LogP contribution in [0.15, 0.2) is 67.0 Å². The third-order valence-corrected chi connectivity index (χ3v) is 4.55. The predicted octanol–water partition coefficient (Wildman–Crippen LogP) is 3.84. The molecule has 0 amide bonds. The molecule has 0 bridgehead atoms. The van der Waals surface area contributed by atoms with Crippen molar-refractivity contribution < 1.29 is 9.53 Å². The number of rotatable bonds is 4. The number of fused-ring (bicyclic) bond motifs is 1. The number of thiazole rings is 1. The molecule has 0 N–H and O–H groups in total. The van der Waals surface area contributed by atoms with Gasteiger partial charge < -0.3 is 4.74 Å². The molecular formula is C18H13N3O2S. The molecule has 0 radical (unpaired) electrons. The highest BCUT2D eigenvalue weighted by atomic mass is 32.1. The molecule has 0 atom stereocenters. The third-order valence-electron chi connectivity index (χ3n) is 3.54. The van der Waals surface area contributed by atoms with Crippen LogP contribution in [0.4, 0.5) is 0 Å². The van der Waals surface area contributed by atoms with E-state index in [1.54, 1.807) is 23.0 Å². The number of carbonyl (C=O) groups is 1. The molecule has 0 unspecified atom stereocenters. The van der Waals surface area contributed by atoms with Crippen LogP contribution in [0, 0.1) is 0 Å². The lowest BCUT2D eigenvalue weighted by molar-refractivity contribution is 0.0472. The normalized spacial score (nSPS) is 10.8. The molecule has 4 aromatic rings. The summed E-state index contributed by atoms with van der Waals surface area (Å²) in [5.74, 6) is -0.360. The van der Waals surface area contributed by atoms with Gasteiger partial charge in [-0.1, -0.05) is 12.1 Å². The van der Waals surface area contributed by atoms with E-state index < -0.39 is 0 Å². The summed E-state index contributed by atoms with van der Waals surface area (Å²) in [4.78, 5) is 16.6. The summed E-state index contributed by atoms with van der Waals surface area (Å²) < 4.78 is 8.18. The van der Waals surface area contributed by atoms with Crippen molar-refractivity contribution in [3.05, 3.63) is 77.6 Å². The number of esters is 1. The first-order valence-corrected chi connectivity index (χ1v) is 8.23. The predicted molar refractivity (Wildman–Crippen MR) is 92.3 cm³/mol. The van der Waals surface area contributed by atoms with Crippen LogP contribution >= 0.6 is 11.3 Å². The second kappa shape index (κ2) is 6.25. The Labute approximate surface area is 142 Å². The van der Waals surface area contributed by atoms with Crippen molar-refractivity contribution in [3.63, 3.8) is 0 Å². The molecule has 0 spiro atoms. The zero-order valence-electron chi connectivity index (χ0n) is 12.6. The van der Waals surface area contributed by atoms with Crippen molar-refractivity contribution >= 4 is 27.5 Å². The molecule has 2 heterocycles. The fraction of sp³-hybridized carbons (Fsp3) is 0.0556. The van der Waals surface area contributed by atoms with Crippen LogP contribution in [0.2, 0.25) is 0 Å². The monoisotopic (exact) mass is 335 g/mol. The fourth-order valence-electron chi connectivity index (χ4n) is 2.36. The fourth-order valence-corrected chi connectivity index (χ4v) is 3.24. The maximum absolute atomic E-state index is 12.2. The van der Waals surface area contributed by atoms with Gasteiger partial charge in [0.1, 0.15) is 11.6 Å². The Bertz CT molecular complexity index is 942. The Morgan fingerprint density at radius 2 is 1.92 bits per heavy atom. The highest BCUT2D eigenvalue weighted by Crippen LogP contribution is 2.22. The van der Waals surface area contributed by atoms with E-state index >= 15 is 0 Å². The van der Waals surface area contributed by atoms with E-state index in [0.29, 0.717) is 5.56 Å². The van der Waals surface area contributed by atoms with Crippen molar-refractivity contribution in [3.8, 4) is 5.69 Å². The summed E-state index contributed by atoms with van der Waals surface area (Å²) >= 11 is 1.54. The van der Waals surface area contributed by atoms with Gasteiger partial charge in [0, 0.05) is 12.4 Å². The van der Waals surface area contributed by atoms with Crippen molar-refractivity contribution in [2.45, 2.75) is 6.61 Å². The first-order chi connectivity index (χ1) is 11.8. The molecule has 4 rings (SSSR count). The molecule has 24 heavy (non-hydrogen) atoms. The second-order valence-corrected chi connectivity index (χ2v) is 6.26. The molecular weight excluding hydrogens is 322 g/mol. The van der Waals surface area contributed by atoms with Gasteiger partial charge in [-0.05, 0) is 42.5 Å². The minimum Gasteiger partial charge on any atom is -0.455 e. The first kappa shape index (κ1) is 14.6. The number of ether oxygens (including phenoxy) is 1. The number of carbonyl (C=O) groups excluding carboxylic acids is 1. The molecule has 0 fully saturated rings. The number of hydrogen-bond donors (Lipinski definition) is 0. The molecule has 0 saturated heterocycles. The third kappa shape index (κ3) is 2.91. The van der Waals surface area contributed by atoms with E-state index in [1.807, 2.05) is 48.7 Å². The topological polar surface area (TPSA) is 57.0 Å². The maximum Gasteiger partial charge on any atom is 0.338 e. The second-order valence-electron chi connectivity index (χ2n) is 5.15. The summed E-state index contributed by atoms with van der Waals surface area (Å²) in [7, 11) is 0. The van der Waals surface area contributed by atoms with Gasteiger partial charge in [-0.3, -0.25) is 0 Å². The quantitative estimate of drug-likeness (QED) is 0.532. The Morgan fingerprint density at radius 3 is 2.67 bits per heavy atom. The average Bonchev–Trinajstić information content (AvgIpc) is 3.29. The van der Waals surface area contributed by atoms with Crippen LogP contribution < -0.4 is 0 Å². The highest BCUT2D eigenvalue weighted by Gasteiger charge is 2.10. The molecule has 0 aliphatic rings. The zero-order valence-corrected chi connectivity index (χ0v) is 13.4. The molecule has 0 saturated carbocycles. The number of benzene rings is 2. The van der Waals surface area contributed by atoms with Crippen LogP contribution in [-0.2, 0) is 11.3 Å². The zero-order chi connectivity index (χ0) is 16.4. The van der Waals surface area contributed by atoms with Crippen LogP contribution in [0.1, 0.15) is 15.4 Å². The molecule has 5 nitrogen and oxygen atoms in total. The standard InChI is InChI=1S/C18H13N3O2S/c22-18(13-6-8-14(9-7-13)21-11-3-10-19-21)23-12-17-20-15-4-1-2-5-16(15)24-17/h1-11H,12H2. The van der Waals surface area contributed by atoms with Crippen molar-refractivity contribution in [2.75, 3.05) is 0 Å². The van der Waals surface area contributed by atoms with Gasteiger partial charge in [0.25, 0.3) is 0 Å². The SMILES string of the molecule is O=C(OCc1nc2ccccc2s1)c1ccc(-n2cccn2)cc1. The van der Waals surface area contributed by atoms with Gasteiger partial charge in [-0.2, -0.15) is 5.10 Å². The van der Waals surface area contributed by atoms with Gasteiger partial charge in [0.2, 0.25) is 0 Å². The molecule has 118 valence electrons. The van der Waals surface area contributed by atoms with Gasteiger partial charge in [-0.25, -0.2) is 14.5 Å². The summed E-state index contributed by atoms with van der Waals surface area (Å²) in [5, 5.41) is 4.94. The Morgan fingerprint density at radius 1 is 1.08 bits per heavy atom. The van der Waals surface area contributed by atoms with E-state index in [1.165, 1.54) is 11.3 Å². The smallest absolute Gasteiger partial charge is 0.338 e. The number of para-hydroxylation sites is 1. The van der Waals surface area contributed by atoms with Gasteiger partial charge in [-0.15, -0.1) is 11.3 Å². The Hall–Kier alpha value is -2.99. The van der Waals surface area contributed by atoms with E-state index in [2.05, 4.69) is 10.1 Å². The van der Waals surface area contributed by atoms with E-state index in [0.717, 1.165) is 20.9 Å². The lowest BCUT2D eigenvalue weighted by Gasteiger charge is -2.04. The van der Waals surface area contributed by atoms with Crippen molar-refractivity contribution in [2.24, 2.45) is 0 Å². The largest absolute Gasteiger partial charge is 0.455 e. The molecule has 0 aliphatic carbocycles. The lowest BCUT2D eigenvalue weighted by atomic mass is 10.2. The maximum atomic E-state index is 12.2. The van der Waals surface area contributed by atoms with E-state index in [-0.39, 0.29) is 12.6 Å². The minimum atomic E-state index is -0.360. The first-order valence-electron chi connectivity index (χ1n) is 7.41. The van der Waals surface area contributed by atoms with E-state index in [4.69, 9.17) is 4.74 Å². The summed E-state index contributed by atoms with van der Waals surface area (Å²) in [6.45, 7) is 0.180. The molecule has 2 aromatic heterocycles. The Kier molecular flexibility index (Phi) is 3.80. The van der Waals surface area contributed by atoms with Gasteiger partial charge in [0.05, 0.1) is 21.5 Å². The summed E-state index contributed by atoms with van der Waals surface area (Å²) in [5.41, 5.74) is 2.33. The van der Waals surface area contributed by atoms with Crippen LogP contribution in [-0.4, -0.2) is 20.7 Å². The number of hydrogen-bond acceptors (Lipinski definition) is 5. The average molecular weight is 335 g/mol. The summed E-state index contributed by atoms with van der Waals surface area (Å²) in [6, 6.07) is 16.9. The van der Waals surface area contributed by atoms with Crippen LogP contribution in [0.25, 0.3) is 15.9 Å². The van der Waals surface area contributed by atoms with Gasteiger partial charge in [0.15, 0.2) is 0 Å². The van der Waals surface area contributed by atoms with E-state index in [9.17, 15) is 4.79 Å². The number of nitrogens with zero attached hydrogens (tertiary/aromatic N) is 3. The summed E-state index contributed by atoms with van der Waals surface area (Å²) in [6.07, 6.45) is 3.56. The highest BCUT2D eigenvalue weighted by molar-refractivity contribution is 7.18. The molecule has 0 aliphatic heterocycles. The van der Waals surface area contributed by atoms with Crippen molar-refractivity contribution in [1.82, 2.24) is 14.8 Å². The number of aromatic nitrogens is 3. The minimum absolute atomic E-state index is 0.180.